The summed E-state index contributed by atoms with van der Waals surface area (Å²) in [5.41, 5.74) is -0.469. The lowest BCUT2D eigenvalue weighted by Crippen LogP contribution is -2.32. The van der Waals surface area contributed by atoms with Gasteiger partial charge in [0.25, 0.3) is 0 Å². The van der Waals surface area contributed by atoms with Crippen molar-refractivity contribution in [2.45, 2.75) is 56.3 Å². The second-order valence-electron chi connectivity index (χ2n) is 11.4. The zero-order chi connectivity index (χ0) is 33.1. The first-order valence-corrected chi connectivity index (χ1v) is 16.4. The molecule has 0 amide bonds. The number of fused-ring (bicyclic) bond motifs is 1. The fourth-order valence-corrected chi connectivity index (χ4v) is 6.67. The molecule has 1 heterocycles. The first-order chi connectivity index (χ1) is 21.7. The van der Waals surface area contributed by atoms with E-state index in [0.717, 1.165) is 35.9 Å². The van der Waals surface area contributed by atoms with E-state index in [2.05, 4.69) is 39.4 Å². The Balaban J connectivity index is 1.18. The molecule has 0 aliphatic heterocycles. The Morgan fingerprint density at radius 3 is 1.96 bits per heavy atom. The summed E-state index contributed by atoms with van der Waals surface area (Å²) in [6, 6.07) is 16.1. The topological polar surface area (TPSA) is 96.0 Å². The molecule has 1 aliphatic rings. The number of halogens is 6. The number of nitrogens with zero attached hydrogens (tertiary/aromatic N) is 2. The zero-order valence-corrected chi connectivity index (χ0v) is 25.7. The predicted octanol–water partition coefficient (Wildman–Crippen LogP) is 8.17. The maximum absolute atomic E-state index is 13.2. The van der Waals surface area contributed by atoms with Crippen molar-refractivity contribution in [2.24, 2.45) is 11.8 Å². The standard InChI is InChI=1S/C32H33F6N5O2S/c1-2-20-11-13-25(14-12-20)41-29-27-5-3-4-6-28(27)42-30(43-29)39-18-21-7-9-22(10-8-21)19-40-46(44,45)26-16-23(31(33,34)35)15-24(17-26)32(36,37)38/h3-6,11-17,21-22,40H,2,7-10,18-19H2,1H3,(H2,39,41,42,43). The number of hydrogen-bond donors (Lipinski definition) is 3. The average molecular weight is 666 g/mol. The zero-order valence-electron chi connectivity index (χ0n) is 24.8. The van der Waals surface area contributed by atoms with Crippen molar-refractivity contribution in [3.63, 3.8) is 0 Å². The quantitative estimate of drug-likeness (QED) is 0.148. The van der Waals surface area contributed by atoms with Crippen LogP contribution in [0.2, 0.25) is 0 Å². The highest BCUT2D eigenvalue weighted by atomic mass is 32.2. The highest BCUT2D eigenvalue weighted by Gasteiger charge is 2.38. The van der Waals surface area contributed by atoms with Crippen LogP contribution < -0.4 is 15.4 Å². The average Bonchev–Trinajstić information content (AvgIpc) is 3.02. The number of rotatable bonds is 10. The van der Waals surface area contributed by atoms with Crippen LogP contribution in [0.25, 0.3) is 10.9 Å². The van der Waals surface area contributed by atoms with E-state index in [9.17, 15) is 34.8 Å². The Hall–Kier alpha value is -3.91. The van der Waals surface area contributed by atoms with Gasteiger partial charge in [-0.25, -0.2) is 18.1 Å². The molecule has 0 saturated heterocycles. The molecule has 14 heteroatoms. The van der Waals surface area contributed by atoms with Crippen molar-refractivity contribution < 1.29 is 34.8 Å². The Labute approximate surface area is 262 Å². The summed E-state index contributed by atoms with van der Waals surface area (Å²) in [7, 11) is -4.62. The predicted molar refractivity (Wildman–Crippen MR) is 164 cm³/mol. The van der Waals surface area contributed by atoms with E-state index >= 15 is 0 Å². The van der Waals surface area contributed by atoms with E-state index < -0.39 is 38.4 Å². The summed E-state index contributed by atoms with van der Waals surface area (Å²) in [5.74, 6) is 1.24. The van der Waals surface area contributed by atoms with Crippen LogP contribution in [0.15, 0.2) is 71.6 Å². The molecule has 1 aromatic heterocycles. The molecule has 1 saturated carbocycles. The van der Waals surface area contributed by atoms with Gasteiger partial charge in [0.15, 0.2) is 0 Å². The number of nitrogens with one attached hydrogen (secondary N) is 3. The van der Waals surface area contributed by atoms with Gasteiger partial charge < -0.3 is 10.6 Å². The van der Waals surface area contributed by atoms with Gasteiger partial charge in [0.2, 0.25) is 16.0 Å². The molecule has 0 unspecified atom stereocenters. The Morgan fingerprint density at radius 1 is 0.783 bits per heavy atom. The number of benzene rings is 3. The molecule has 0 radical (unpaired) electrons. The van der Waals surface area contributed by atoms with Crippen LogP contribution in [0.1, 0.15) is 49.3 Å². The molecular weight excluding hydrogens is 632 g/mol. The van der Waals surface area contributed by atoms with Crippen molar-refractivity contribution in [3.05, 3.63) is 83.4 Å². The lowest BCUT2D eigenvalue weighted by Gasteiger charge is -2.28. The van der Waals surface area contributed by atoms with Gasteiger partial charge in [-0.15, -0.1) is 0 Å². The van der Waals surface area contributed by atoms with Crippen LogP contribution in [0, 0.1) is 11.8 Å². The number of para-hydroxylation sites is 1. The van der Waals surface area contributed by atoms with Crippen molar-refractivity contribution in [2.75, 3.05) is 23.7 Å². The van der Waals surface area contributed by atoms with Gasteiger partial charge in [-0.3, -0.25) is 0 Å². The highest BCUT2D eigenvalue weighted by Crippen LogP contribution is 2.37. The molecule has 5 rings (SSSR count). The first-order valence-electron chi connectivity index (χ1n) is 14.9. The Morgan fingerprint density at radius 2 is 1.37 bits per heavy atom. The summed E-state index contributed by atoms with van der Waals surface area (Å²) in [5, 5.41) is 7.57. The fraction of sp³-hybridized carbons (Fsp3) is 0.375. The molecule has 1 fully saturated rings. The molecule has 3 aromatic carbocycles. The minimum absolute atomic E-state index is 0.0951. The Kier molecular flexibility index (Phi) is 9.78. The maximum atomic E-state index is 13.2. The van der Waals surface area contributed by atoms with Gasteiger partial charge in [0.05, 0.1) is 21.5 Å². The van der Waals surface area contributed by atoms with Gasteiger partial charge in [-0.05, 0) is 92.0 Å². The van der Waals surface area contributed by atoms with E-state index in [-0.39, 0.29) is 36.6 Å². The second kappa shape index (κ2) is 13.4. The molecule has 0 atom stereocenters. The molecule has 3 N–H and O–H groups in total. The van der Waals surface area contributed by atoms with Crippen LogP contribution in [0.4, 0.5) is 43.8 Å². The molecular formula is C32H33F6N5O2S. The summed E-state index contributed by atoms with van der Waals surface area (Å²) in [6.07, 6.45) is -6.61. The maximum Gasteiger partial charge on any atom is 0.416 e. The van der Waals surface area contributed by atoms with Gasteiger partial charge in [-0.1, -0.05) is 31.2 Å². The summed E-state index contributed by atoms with van der Waals surface area (Å²) >= 11 is 0. The van der Waals surface area contributed by atoms with Gasteiger partial charge in [0, 0.05) is 24.2 Å². The van der Waals surface area contributed by atoms with Crippen molar-refractivity contribution in [1.82, 2.24) is 14.7 Å². The molecule has 4 aromatic rings. The third-order valence-corrected chi connectivity index (χ3v) is 9.58. The van der Waals surface area contributed by atoms with Crippen LogP contribution >= 0.6 is 0 Å². The number of anilines is 3. The number of sulfonamides is 1. The SMILES string of the molecule is CCc1ccc(Nc2nc(NCC3CCC(CNS(=O)(=O)c4cc(C(F)(F)F)cc(C(F)(F)F)c4)CC3)nc3ccccc23)cc1. The van der Waals surface area contributed by atoms with Gasteiger partial charge in [-0.2, -0.15) is 31.3 Å². The van der Waals surface area contributed by atoms with Crippen LogP contribution in [0.5, 0.6) is 0 Å². The molecule has 1 aliphatic carbocycles. The van der Waals surface area contributed by atoms with E-state index in [1.807, 2.05) is 36.4 Å². The largest absolute Gasteiger partial charge is 0.416 e. The van der Waals surface area contributed by atoms with Crippen molar-refractivity contribution in [1.29, 1.82) is 0 Å². The molecule has 46 heavy (non-hydrogen) atoms. The fourth-order valence-electron chi connectivity index (χ4n) is 5.48. The number of aryl methyl sites for hydroxylation is 1. The lowest BCUT2D eigenvalue weighted by atomic mass is 9.82. The number of hydrogen-bond acceptors (Lipinski definition) is 6. The number of alkyl halides is 6. The van der Waals surface area contributed by atoms with Gasteiger partial charge >= 0.3 is 12.4 Å². The Bertz CT molecular complexity index is 1740. The van der Waals surface area contributed by atoms with E-state index in [4.69, 9.17) is 4.98 Å². The smallest absolute Gasteiger partial charge is 0.354 e. The van der Waals surface area contributed by atoms with Crippen LogP contribution in [0.3, 0.4) is 0 Å². The van der Waals surface area contributed by atoms with Crippen molar-refractivity contribution >= 4 is 38.4 Å². The highest BCUT2D eigenvalue weighted by molar-refractivity contribution is 7.89. The minimum atomic E-state index is -5.14. The third-order valence-electron chi connectivity index (χ3n) is 8.18. The van der Waals surface area contributed by atoms with E-state index in [0.29, 0.717) is 31.2 Å². The molecule has 0 spiro atoms. The second-order valence-corrected chi connectivity index (χ2v) is 13.2. The monoisotopic (exact) mass is 665 g/mol. The normalized spacial score (nSPS) is 17.6. The van der Waals surface area contributed by atoms with Crippen molar-refractivity contribution in [3.8, 4) is 0 Å². The minimum Gasteiger partial charge on any atom is -0.354 e. The first kappa shape index (κ1) is 33.5. The molecule has 0 bridgehead atoms. The molecule has 246 valence electrons. The molecule has 7 nitrogen and oxygen atoms in total. The van der Waals surface area contributed by atoms with Crippen LogP contribution in [-0.2, 0) is 28.8 Å². The summed E-state index contributed by atoms with van der Waals surface area (Å²) in [4.78, 5) is 8.29. The summed E-state index contributed by atoms with van der Waals surface area (Å²) < 4.78 is 107. The van der Waals surface area contributed by atoms with E-state index in [1.54, 1.807) is 0 Å². The summed E-state index contributed by atoms with van der Waals surface area (Å²) in [6.45, 7) is 2.57. The number of aromatic nitrogens is 2. The van der Waals surface area contributed by atoms with E-state index in [1.165, 1.54) is 5.56 Å². The third kappa shape index (κ3) is 8.27. The van der Waals surface area contributed by atoms with Crippen LogP contribution in [-0.4, -0.2) is 31.5 Å². The van der Waals surface area contributed by atoms with Gasteiger partial charge in [0.1, 0.15) is 5.82 Å². The lowest BCUT2D eigenvalue weighted by molar-refractivity contribution is -0.143.